The van der Waals surface area contributed by atoms with Crippen molar-refractivity contribution >= 4 is 17.7 Å². The van der Waals surface area contributed by atoms with Gasteiger partial charge < -0.3 is 9.47 Å². The first kappa shape index (κ1) is 14.5. The van der Waals surface area contributed by atoms with Crippen molar-refractivity contribution in [2.75, 3.05) is 12.4 Å². The lowest BCUT2D eigenvalue weighted by atomic mass is 10.2. The second-order valence-corrected chi connectivity index (χ2v) is 4.01. The van der Waals surface area contributed by atoms with Gasteiger partial charge in [-0.1, -0.05) is 18.2 Å². The van der Waals surface area contributed by atoms with Crippen LogP contribution in [-0.2, 0) is 4.74 Å². The Balaban J connectivity index is 2.11. The summed E-state index contributed by atoms with van der Waals surface area (Å²) in [6, 6.07) is 11.8. The Morgan fingerprint density at radius 2 is 1.81 bits per heavy atom. The maximum Gasteiger partial charge on any atom is 0.417 e. The van der Waals surface area contributed by atoms with Gasteiger partial charge in [0.2, 0.25) is 0 Å². The van der Waals surface area contributed by atoms with Gasteiger partial charge in [-0.2, -0.15) is 0 Å². The first-order valence-corrected chi connectivity index (χ1v) is 6.02. The van der Waals surface area contributed by atoms with Crippen LogP contribution in [0.3, 0.4) is 0 Å². The van der Waals surface area contributed by atoms with Gasteiger partial charge in [0.1, 0.15) is 11.6 Å². The van der Waals surface area contributed by atoms with E-state index in [9.17, 15) is 14.0 Å². The van der Waals surface area contributed by atoms with E-state index in [1.807, 2.05) is 0 Å². The number of rotatable bonds is 3. The van der Waals surface area contributed by atoms with Gasteiger partial charge in [-0.15, -0.1) is 0 Å². The third-order valence-corrected chi connectivity index (χ3v) is 2.58. The number of hydrogen-bond acceptors (Lipinski definition) is 4. The average molecular weight is 289 g/mol. The maximum atomic E-state index is 13.6. The van der Waals surface area contributed by atoms with Crippen LogP contribution in [0, 0.1) is 5.82 Å². The average Bonchev–Trinajstić information content (AvgIpc) is 2.49. The molecule has 5 nitrogen and oxygen atoms in total. The minimum Gasteiger partial charge on any atom is -0.465 e. The summed E-state index contributed by atoms with van der Waals surface area (Å²) >= 11 is 0. The summed E-state index contributed by atoms with van der Waals surface area (Å²) in [5, 5.41) is 2.23. The van der Waals surface area contributed by atoms with Crippen molar-refractivity contribution in [2.24, 2.45) is 0 Å². The number of hydrogen-bond donors (Lipinski definition) is 1. The lowest BCUT2D eigenvalue weighted by molar-refractivity contribution is 0.0600. The highest BCUT2D eigenvalue weighted by atomic mass is 19.1. The molecule has 1 amide bonds. The van der Waals surface area contributed by atoms with E-state index in [1.54, 1.807) is 30.3 Å². The van der Waals surface area contributed by atoms with E-state index < -0.39 is 17.9 Å². The standard InChI is InChI=1S/C15H12FNO4/c1-20-14(18)10-7-8-12(16)13(9-10)17-15(19)21-11-5-3-2-4-6-11/h2-9H,1H3,(H,17,19). The summed E-state index contributed by atoms with van der Waals surface area (Å²) in [4.78, 5) is 23.0. The van der Waals surface area contributed by atoms with Crippen LogP contribution < -0.4 is 10.1 Å². The lowest BCUT2D eigenvalue weighted by Gasteiger charge is -2.08. The number of methoxy groups -OCH3 is 1. The first-order chi connectivity index (χ1) is 10.1. The molecule has 0 heterocycles. The van der Waals surface area contributed by atoms with Gasteiger partial charge in [0, 0.05) is 0 Å². The van der Waals surface area contributed by atoms with E-state index in [4.69, 9.17) is 4.74 Å². The molecule has 0 aliphatic heterocycles. The SMILES string of the molecule is COC(=O)c1ccc(F)c(NC(=O)Oc2ccccc2)c1. The van der Waals surface area contributed by atoms with Crippen LogP contribution in [0.2, 0.25) is 0 Å². The summed E-state index contributed by atoms with van der Waals surface area (Å²) in [6.45, 7) is 0. The van der Waals surface area contributed by atoms with Gasteiger partial charge in [0.15, 0.2) is 0 Å². The number of halogens is 1. The molecule has 2 rings (SSSR count). The number of carbonyl (C=O) groups is 2. The van der Waals surface area contributed by atoms with Crippen molar-refractivity contribution in [3.05, 3.63) is 59.9 Å². The first-order valence-electron chi connectivity index (χ1n) is 6.02. The Labute approximate surface area is 120 Å². The molecule has 0 atom stereocenters. The molecule has 0 spiro atoms. The summed E-state index contributed by atoms with van der Waals surface area (Å²) in [6.07, 6.45) is -0.859. The number of anilines is 1. The molecular weight excluding hydrogens is 277 g/mol. The largest absolute Gasteiger partial charge is 0.465 e. The minimum atomic E-state index is -0.859. The third-order valence-electron chi connectivity index (χ3n) is 2.58. The number of ether oxygens (including phenoxy) is 2. The van der Waals surface area contributed by atoms with Crippen LogP contribution in [-0.4, -0.2) is 19.2 Å². The van der Waals surface area contributed by atoms with Crippen molar-refractivity contribution < 1.29 is 23.5 Å². The van der Waals surface area contributed by atoms with Crippen molar-refractivity contribution in [3.8, 4) is 5.75 Å². The summed E-state index contributed by atoms with van der Waals surface area (Å²) < 4.78 is 23.1. The van der Waals surface area contributed by atoms with Crippen molar-refractivity contribution in [2.45, 2.75) is 0 Å². The summed E-state index contributed by atoms with van der Waals surface area (Å²) in [5.74, 6) is -0.998. The van der Waals surface area contributed by atoms with E-state index in [1.165, 1.54) is 19.2 Å². The normalized spacial score (nSPS) is 9.81. The molecule has 21 heavy (non-hydrogen) atoms. The van der Waals surface area contributed by atoms with Gasteiger partial charge in [-0.05, 0) is 30.3 Å². The number of benzene rings is 2. The van der Waals surface area contributed by atoms with E-state index in [0.717, 1.165) is 6.07 Å². The highest BCUT2D eigenvalue weighted by molar-refractivity contribution is 5.93. The zero-order chi connectivity index (χ0) is 15.2. The molecule has 2 aromatic carbocycles. The van der Waals surface area contributed by atoms with Crippen LogP contribution >= 0.6 is 0 Å². The fourth-order valence-corrected chi connectivity index (χ4v) is 1.60. The monoisotopic (exact) mass is 289 g/mol. The lowest BCUT2D eigenvalue weighted by Crippen LogP contribution is -2.18. The van der Waals surface area contributed by atoms with Gasteiger partial charge in [0.25, 0.3) is 0 Å². The molecule has 0 aliphatic carbocycles. The van der Waals surface area contributed by atoms with E-state index in [0.29, 0.717) is 5.75 Å². The van der Waals surface area contributed by atoms with Crippen LogP contribution in [0.25, 0.3) is 0 Å². The van der Waals surface area contributed by atoms with Crippen LogP contribution in [0.5, 0.6) is 5.75 Å². The fraction of sp³-hybridized carbons (Fsp3) is 0.0667. The molecule has 0 bridgehead atoms. The number of esters is 1. The Morgan fingerprint density at radius 1 is 1.10 bits per heavy atom. The molecule has 0 aromatic heterocycles. The van der Waals surface area contributed by atoms with Gasteiger partial charge in [0.05, 0.1) is 18.4 Å². The Morgan fingerprint density at radius 3 is 2.48 bits per heavy atom. The molecule has 108 valence electrons. The molecule has 0 saturated carbocycles. The zero-order valence-corrected chi connectivity index (χ0v) is 11.1. The fourth-order valence-electron chi connectivity index (χ4n) is 1.60. The number of carbonyl (C=O) groups excluding carboxylic acids is 2. The smallest absolute Gasteiger partial charge is 0.417 e. The van der Waals surface area contributed by atoms with E-state index >= 15 is 0 Å². The highest BCUT2D eigenvalue weighted by Crippen LogP contribution is 2.18. The molecule has 2 aromatic rings. The summed E-state index contributed by atoms with van der Waals surface area (Å²) in [7, 11) is 1.21. The molecule has 0 radical (unpaired) electrons. The zero-order valence-electron chi connectivity index (χ0n) is 11.1. The third kappa shape index (κ3) is 3.79. The van der Waals surface area contributed by atoms with Crippen molar-refractivity contribution in [3.63, 3.8) is 0 Å². The van der Waals surface area contributed by atoms with E-state index in [-0.39, 0.29) is 11.3 Å². The molecule has 0 fully saturated rings. The Hall–Kier alpha value is -2.89. The Kier molecular flexibility index (Phi) is 4.50. The molecule has 0 saturated heterocycles. The predicted octanol–water partition coefficient (Wildman–Crippen LogP) is 3.22. The second kappa shape index (κ2) is 6.51. The predicted molar refractivity (Wildman–Crippen MR) is 73.8 cm³/mol. The van der Waals surface area contributed by atoms with Crippen LogP contribution in [0.4, 0.5) is 14.9 Å². The molecule has 0 unspecified atom stereocenters. The number of nitrogens with one attached hydrogen (secondary N) is 1. The number of para-hydroxylation sites is 1. The quantitative estimate of drug-likeness (QED) is 0.881. The number of amides is 1. The summed E-state index contributed by atoms with van der Waals surface area (Å²) in [5.41, 5.74) is -0.0484. The maximum absolute atomic E-state index is 13.6. The topological polar surface area (TPSA) is 64.6 Å². The van der Waals surface area contributed by atoms with E-state index in [2.05, 4.69) is 10.1 Å². The molecule has 0 aliphatic rings. The van der Waals surface area contributed by atoms with Crippen molar-refractivity contribution in [1.29, 1.82) is 0 Å². The van der Waals surface area contributed by atoms with Crippen LogP contribution in [0.15, 0.2) is 48.5 Å². The molecule has 1 N–H and O–H groups in total. The molecular formula is C15H12FNO4. The van der Waals surface area contributed by atoms with Gasteiger partial charge in [-0.25, -0.2) is 14.0 Å². The van der Waals surface area contributed by atoms with Gasteiger partial charge >= 0.3 is 12.1 Å². The van der Waals surface area contributed by atoms with Crippen molar-refractivity contribution in [1.82, 2.24) is 0 Å². The second-order valence-electron chi connectivity index (χ2n) is 4.01. The highest BCUT2D eigenvalue weighted by Gasteiger charge is 2.13. The molecule has 6 heteroatoms. The minimum absolute atomic E-state index is 0.119. The van der Waals surface area contributed by atoms with Gasteiger partial charge in [-0.3, -0.25) is 5.32 Å². The van der Waals surface area contributed by atoms with Crippen LogP contribution in [0.1, 0.15) is 10.4 Å². The Bertz CT molecular complexity index is 658.